The molecule has 10 nitrogen and oxygen atoms in total. The first-order valence-electron chi connectivity index (χ1n) is 20.1. The summed E-state index contributed by atoms with van der Waals surface area (Å²) in [4.78, 5) is 27.3. The second-order valence-electron chi connectivity index (χ2n) is 15.9. The molecule has 4 heterocycles. The van der Waals surface area contributed by atoms with Gasteiger partial charge in [-0.1, -0.05) is 77.7 Å². The number of amides is 2. The third-order valence-electron chi connectivity index (χ3n) is 12.5. The standard InChI is InChI=1S/C21H26ClN3O2.C12H15ClO.C9H12BrN3O/c22-15-6-9-20(17(10-15)14-4-2-1-3-5-14)27-12-21(26)24-18-11-16-7-8-19(18)25(16)13-23;13-10-6-7-12(14)11(8-10)9-4-2-1-3-5-9;10-4-9(14)12-7-3-6-1-2-8(7)13(6)5-11/h6,9-10,14,16,18-19H,1-5,7-8,11-12H2,(H,24,26);6-9,14H,1-5H2;6-8H,1-4H2,(H,12,14). The minimum absolute atomic E-state index is 0.00178. The molecule has 8 rings (SSSR count). The Morgan fingerprint density at radius 1 is 0.727 bits per heavy atom. The summed E-state index contributed by atoms with van der Waals surface area (Å²) in [7, 11) is 0. The Bertz CT molecular complexity index is 1720. The lowest BCUT2D eigenvalue weighted by Crippen LogP contribution is -2.44. The van der Waals surface area contributed by atoms with E-state index in [-0.39, 0.29) is 42.6 Å². The molecule has 13 heteroatoms. The largest absolute Gasteiger partial charge is 0.508 e. The number of ether oxygens (including phenoxy) is 1. The molecule has 6 aliphatic rings. The van der Waals surface area contributed by atoms with Crippen molar-refractivity contribution in [2.75, 3.05) is 11.9 Å². The van der Waals surface area contributed by atoms with E-state index in [9.17, 15) is 20.0 Å². The number of carbonyl (C=O) groups excluding carboxylic acids is 2. The molecule has 2 aromatic rings. The minimum Gasteiger partial charge on any atom is -0.508 e. The van der Waals surface area contributed by atoms with E-state index in [4.69, 9.17) is 33.2 Å². The van der Waals surface area contributed by atoms with Crippen LogP contribution in [-0.4, -0.2) is 74.9 Å². The van der Waals surface area contributed by atoms with E-state index in [1.165, 1.54) is 51.4 Å². The molecule has 6 atom stereocenters. The Morgan fingerprint density at radius 3 is 1.73 bits per heavy atom. The van der Waals surface area contributed by atoms with E-state index in [2.05, 4.69) is 38.9 Å². The first kappa shape index (κ1) is 41.3. The normalized spacial score (nSPS) is 26.9. The van der Waals surface area contributed by atoms with Gasteiger partial charge in [-0.05, 0) is 124 Å². The molecule has 4 aliphatic heterocycles. The van der Waals surface area contributed by atoms with E-state index in [1.807, 2.05) is 34.1 Å². The number of nitriles is 2. The number of hydrogen-bond acceptors (Lipinski definition) is 8. The number of phenols is 1. The third-order valence-corrected chi connectivity index (χ3v) is 13.5. The molecular weight excluding hydrogens is 803 g/mol. The van der Waals surface area contributed by atoms with Crippen molar-refractivity contribution in [2.45, 2.75) is 151 Å². The molecule has 6 fully saturated rings. The first-order chi connectivity index (χ1) is 26.7. The number of halogens is 3. The van der Waals surface area contributed by atoms with Gasteiger partial charge in [-0.15, -0.1) is 0 Å². The van der Waals surface area contributed by atoms with Crippen LogP contribution in [0.3, 0.4) is 0 Å². The molecule has 0 radical (unpaired) electrons. The summed E-state index contributed by atoms with van der Waals surface area (Å²) in [5.41, 5.74) is 2.17. The van der Waals surface area contributed by atoms with Gasteiger partial charge < -0.3 is 30.3 Å². The number of benzene rings is 2. The van der Waals surface area contributed by atoms with Crippen LogP contribution in [0.5, 0.6) is 11.5 Å². The summed E-state index contributed by atoms with van der Waals surface area (Å²) in [5, 5.41) is 35.7. The Morgan fingerprint density at radius 2 is 1.22 bits per heavy atom. The van der Waals surface area contributed by atoms with Gasteiger partial charge in [-0.25, -0.2) is 0 Å². The summed E-state index contributed by atoms with van der Waals surface area (Å²) in [6, 6.07) is 12.3. The van der Waals surface area contributed by atoms with Gasteiger partial charge in [-0.2, -0.15) is 10.5 Å². The van der Waals surface area contributed by atoms with Crippen LogP contribution >= 0.6 is 39.1 Å². The average Bonchev–Trinajstić information content (AvgIpc) is 3.98. The fourth-order valence-corrected chi connectivity index (χ4v) is 10.4. The predicted molar refractivity (Wildman–Crippen MR) is 217 cm³/mol. The van der Waals surface area contributed by atoms with Gasteiger partial charge in [0.2, 0.25) is 5.91 Å². The molecule has 2 saturated carbocycles. The van der Waals surface area contributed by atoms with Crippen LogP contribution in [0.15, 0.2) is 36.4 Å². The summed E-state index contributed by atoms with van der Waals surface area (Å²) in [6.07, 6.45) is 22.8. The summed E-state index contributed by atoms with van der Waals surface area (Å²) in [6.45, 7) is 0.00178. The molecule has 6 unspecified atom stereocenters. The number of nitrogens with zero attached hydrogens (tertiary/aromatic N) is 4. The van der Waals surface area contributed by atoms with E-state index < -0.39 is 0 Å². The van der Waals surface area contributed by atoms with Crippen molar-refractivity contribution in [1.29, 1.82) is 10.5 Å². The van der Waals surface area contributed by atoms with Crippen molar-refractivity contribution < 1.29 is 19.4 Å². The van der Waals surface area contributed by atoms with Crippen molar-refractivity contribution in [3.8, 4) is 23.9 Å². The van der Waals surface area contributed by atoms with Crippen LogP contribution < -0.4 is 15.4 Å². The third kappa shape index (κ3) is 10.3. The van der Waals surface area contributed by atoms with Gasteiger partial charge in [0.05, 0.1) is 29.5 Å². The molecule has 4 saturated heterocycles. The van der Waals surface area contributed by atoms with Gasteiger partial charge in [0, 0.05) is 22.1 Å². The molecule has 2 aromatic carbocycles. The Balaban J connectivity index is 0.000000155. The Hall–Kier alpha value is -3.38. The molecular formula is C42H53BrCl2N6O4. The number of aromatic hydroxyl groups is 1. The molecule has 2 aliphatic carbocycles. The molecule has 296 valence electrons. The Kier molecular flexibility index (Phi) is 14.7. The summed E-state index contributed by atoms with van der Waals surface area (Å²) < 4.78 is 5.90. The number of nitrogens with one attached hydrogen (secondary N) is 2. The molecule has 0 spiro atoms. The Labute approximate surface area is 344 Å². The topological polar surface area (TPSA) is 142 Å². The number of phenolic OH excluding ortho intramolecular Hbond substituents is 1. The van der Waals surface area contributed by atoms with Crippen molar-refractivity contribution in [3.63, 3.8) is 0 Å². The maximum absolute atomic E-state index is 12.4. The first-order valence-corrected chi connectivity index (χ1v) is 22.0. The lowest BCUT2D eigenvalue weighted by molar-refractivity contribution is -0.124. The fourth-order valence-electron chi connectivity index (χ4n) is 9.89. The van der Waals surface area contributed by atoms with E-state index in [0.29, 0.717) is 40.0 Å². The van der Waals surface area contributed by atoms with E-state index in [1.54, 1.807) is 12.1 Å². The lowest BCUT2D eigenvalue weighted by Gasteiger charge is -2.25. The SMILES string of the molecule is N#CN1C2CCC1C(NC(=O)CBr)C2.N#CN1C2CCC1C(NC(=O)COc1ccc(Cl)cc1C1CCCCC1)C2.Oc1ccc(Cl)cc1C1CCCCC1. The maximum atomic E-state index is 12.4. The smallest absolute Gasteiger partial charge is 0.258 e. The highest BCUT2D eigenvalue weighted by molar-refractivity contribution is 9.09. The quantitative estimate of drug-likeness (QED) is 0.177. The summed E-state index contributed by atoms with van der Waals surface area (Å²) >= 11 is 15.3. The van der Waals surface area contributed by atoms with Crippen LogP contribution in [0.25, 0.3) is 0 Å². The number of carbonyl (C=O) groups is 2. The van der Waals surface area contributed by atoms with Gasteiger partial charge in [0.1, 0.15) is 11.5 Å². The average molecular weight is 857 g/mol. The van der Waals surface area contributed by atoms with Crippen molar-refractivity contribution >= 4 is 50.9 Å². The van der Waals surface area contributed by atoms with Crippen LogP contribution in [-0.2, 0) is 9.59 Å². The number of alkyl halides is 1. The summed E-state index contributed by atoms with van der Waals surface area (Å²) in [5.74, 6) is 2.05. The van der Waals surface area contributed by atoms with Gasteiger partial charge >= 0.3 is 0 Å². The van der Waals surface area contributed by atoms with Crippen molar-refractivity contribution in [1.82, 2.24) is 20.4 Å². The van der Waals surface area contributed by atoms with Gasteiger partial charge in [0.25, 0.3) is 5.91 Å². The zero-order valence-electron chi connectivity index (χ0n) is 31.4. The highest BCUT2D eigenvalue weighted by atomic mass is 79.9. The molecule has 4 bridgehead atoms. The van der Waals surface area contributed by atoms with Crippen LogP contribution in [0, 0.1) is 22.9 Å². The number of fused-ring (bicyclic) bond motifs is 4. The highest BCUT2D eigenvalue weighted by Gasteiger charge is 2.47. The van der Waals surface area contributed by atoms with Gasteiger partial charge in [0.15, 0.2) is 19.0 Å². The van der Waals surface area contributed by atoms with Crippen molar-refractivity contribution in [3.05, 3.63) is 57.6 Å². The molecule has 3 N–H and O–H groups in total. The van der Waals surface area contributed by atoms with E-state index in [0.717, 1.165) is 73.3 Å². The maximum Gasteiger partial charge on any atom is 0.258 e. The minimum atomic E-state index is -0.116. The molecule has 0 aromatic heterocycles. The second kappa shape index (κ2) is 19.7. The number of rotatable bonds is 8. The van der Waals surface area contributed by atoms with Crippen LogP contribution in [0.2, 0.25) is 10.0 Å². The monoisotopic (exact) mass is 854 g/mol. The van der Waals surface area contributed by atoms with Gasteiger partial charge in [-0.3, -0.25) is 9.59 Å². The lowest BCUT2D eigenvalue weighted by atomic mass is 9.84. The molecule has 2 amide bonds. The van der Waals surface area contributed by atoms with Crippen LogP contribution in [0.4, 0.5) is 0 Å². The zero-order chi connectivity index (χ0) is 38.9. The molecule has 55 heavy (non-hydrogen) atoms. The van der Waals surface area contributed by atoms with Crippen molar-refractivity contribution in [2.24, 2.45) is 0 Å². The predicted octanol–water partition coefficient (Wildman–Crippen LogP) is 8.65. The van der Waals surface area contributed by atoms with E-state index >= 15 is 0 Å². The second-order valence-corrected chi connectivity index (χ2v) is 17.3. The number of hydrogen-bond donors (Lipinski definition) is 3. The zero-order valence-corrected chi connectivity index (χ0v) is 34.5. The van der Waals surface area contributed by atoms with Crippen LogP contribution in [0.1, 0.15) is 126 Å². The highest BCUT2D eigenvalue weighted by Crippen LogP contribution is 2.41. The fraction of sp³-hybridized carbons (Fsp3) is 0.619.